The number of nitrogens with zero attached hydrogens (tertiary/aromatic N) is 3. The van der Waals surface area contributed by atoms with Crippen LogP contribution in [0, 0.1) is 17.1 Å². The van der Waals surface area contributed by atoms with Gasteiger partial charge in [-0.1, -0.05) is 11.6 Å². The van der Waals surface area contributed by atoms with Crippen LogP contribution in [0.1, 0.15) is 5.56 Å². The zero-order valence-electron chi connectivity index (χ0n) is 11.0. The van der Waals surface area contributed by atoms with Gasteiger partial charge in [0.15, 0.2) is 0 Å². The Bertz CT molecular complexity index is 787. The van der Waals surface area contributed by atoms with Gasteiger partial charge < -0.3 is 0 Å². The first kappa shape index (κ1) is 17.0. The van der Waals surface area contributed by atoms with Crippen LogP contribution >= 0.6 is 11.6 Å². The van der Waals surface area contributed by atoms with E-state index < -0.39 is 5.82 Å². The van der Waals surface area contributed by atoms with Gasteiger partial charge >= 0.3 is 0 Å². The number of aliphatic imine (C=N–C) groups is 2. The number of isocyanates is 2. The summed E-state index contributed by atoms with van der Waals surface area (Å²) >= 11 is 5.38. The molecule has 7 heteroatoms. The molecular formula is C15H7ClFN3O2. The van der Waals surface area contributed by atoms with Crippen LogP contribution in [-0.4, -0.2) is 12.2 Å². The van der Waals surface area contributed by atoms with Gasteiger partial charge in [-0.3, -0.25) is 0 Å². The molecule has 2 aromatic carbocycles. The molecule has 0 aliphatic rings. The minimum atomic E-state index is -0.531. The average Bonchev–Trinajstić information content (AvgIpc) is 2.53. The molecule has 0 fully saturated rings. The Morgan fingerprint density at radius 2 is 1.50 bits per heavy atom. The minimum absolute atomic E-state index is 0.0542. The third kappa shape index (κ3) is 5.49. The molecule has 0 atom stereocenters. The number of benzene rings is 2. The number of halogens is 2. The van der Waals surface area contributed by atoms with Gasteiger partial charge in [0.05, 0.1) is 28.0 Å². The fourth-order valence-corrected chi connectivity index (χ4v) is 1.45. The van der Waals surface area contributed by atoms with Gasteiger partial charge in [0, 0.05) is 0 Å². The number of rotatable bonds is 2. The molecule has 0 N–H and O–H groups in total. The highest BCUT2D eigenvalue weighted by Crippen LogP contribution is 2.20. The summed E-state index contributed by atoms with van der Waals surface area (Å²) in [5.74, 6) is -0.531. The average molecular weight is 316 g/mol. The monoisotopic (exact) mass is 315 g/mol. The molecule has 0 saturated carbocycles. The molecule has 0 bridgehead atoms. The highest BCUT2D eigenvalue weighted by atomic mass is 35.5. The molecule has 5 nitrogen and oxygen atoms in total. The Hall–Kier alpha value is -3.09. The van der Waals surface area contributed by atoms with E-state index in [1.54, 1.807) is 24.3 Å². The largest absolute Gasteiger partial charge is 0.240 e. The molecule has 0 aliphatic carbocycles. The molecule has 0 aliphatic heterocycles. The topological polar surface area (TPSA) is 82.6 Å². The first-order chi connectivity index (χ1) is 10.6. The number of nitriles is 1. The van der Waals surface area contributed by atoms with Crippen molar-refractivity contribution in [1.82, 2.24) is 0 Å². The third-order valence-corrected chi connectivity index (χ3v) is 2.54. The van der Waals surface area contributed by atoms with Crippen molar-refractivity contribution < 1.29 is 14.0 Å². The number of hydrogen-bond acceptors (Lipinski definition) is 5. The zero-order valence-corrected chi connectivity index (χ0v) is 11.7. The van der Waals surface area contributed by atoms with Crippen LogP contribution in [-0.2, 0) is 9.59 Å². The summed E-state index contributed by atoms with van der Waals surface area (Å²) in [6, 6.07) is 12.0. The third-order valence-electron chi connectivity index (χ3n) is 2.25. The lowest BCUT2D eigenvalue weighted by Gasteiger charge is -1.92. The van der Waals surface area contributed by atoms with Crippen molar-refractivity contribution in [3.05, 3.63) is 58.9 Å². The van der Waals surface area contributed by atoms with Crippen molar-refractivity contribution in [2.45, 2.75) is 0 Å². The molecule has 2 rings (SSSR count). The zero-order chi connectivity index (χ0) is 16.4. The van der Waals surface area contributed by atoms with Gasteiger partial charge in [-0.05, 0) is 42.5 Å². The van der Waals surface area contributed by atoms with E-state index in [-0.39, 0.29) is 5.02 Å². The molecule has 0 unspecified atom stereocenters. The van der Waals surface area contributed by atoms with E-state index in [1.165, 1.54) is 24.3 Å². The molecule has 0 heterocycles. The fourth-order valence-electron chi connectivity index (χ4n) is 1.27. The minimum Gasteiger partial charge on any atom is -0.211 e. The van der Waals surface area contributed by atoms with Crippen molar-refractivity contribution in [2.24, 2.45) is 9.98 Å². The van der Waals surface area contributed by atoms with E-state index in [9.17, 15) is 14.0 Å². The van der Waals surface area contributed by atoms with Gasteiger partial charge in [-0.15, -0.1) is 0 Å². The van der Waals surface area contributed by atoms with Crippen LogP contribution in [0.15, 0.2) is 52.4 Å². The molecule has 2 aromatic rings. The van der Waals surface area contributed by atoms with Crippen molar-refractivity contribution in [3.8, 4) is 6.07 Å². The smallest absolute Gasteiger partial charge is 0.211 e. The lowest BCUT2D eigenvalue weighted by atomic mass is 10.2. The molecule has 0 saturated heterocycles. The van der Waals surface area contributed by atoms with E-state index in [0.29, 0.717) is 16.9 Å². The SMILES string of the molecule is N#Cc1ccc(N=C=O)cc1.O=C=Nc1ccc(F)c(Cl)c1. The normalized spacial score (nSPS) is 8.41. The van der Waals surface area contributed by atoms with Crippen molar-refractivity contribution in [1.29, 1.82) is 5.26 Å². The Morgan fingerprint density at radius 1 is 0.955 bits per heavy atom. The molecule has 22 heavy (non-hydrogen) atoms. The Morgan fingerprint density at radius 3 is 2.00 bits per heavy atom. The van der Waals surface area contributed by atoms with Crippen LogP contribution < -0.4 is 0 Å². The quantitative estimate of drug-likeness (QED) is 0.621. The summed E-state index contributed by atoms with van der Waals surface area (Å²) in [4.78, 5) is 26.1. The molecule has 108 valence electrons. The molecular weight excluding hydrogens is 309 g/mol. The summed E-state index contributed by atoms with van der Waals surface area (Å²) in [5, 5.41) is 8.35. The first-order valence-corrected chi connectivity index (χ1v) is 6.09. The van der Waals surface area contributed by atoms with Crippen LogP contribution in [0.4, 0.5) is 15.8 Å². The second-order valence-electron chi connectivity index (χ2n) is 3.66. The molecule has 0 radical (unpaired) electrons. The second-order valence-corrected chi connectivity index (χ2v) is 4.07. The van der Waals surface area contributed by atoms with Gasteiger partial charge in [0.25, 0.3) is 0 Å². The lowest BCUT2D eigenvalue weighted by molar-refractivity contribution is 0.564. The fraction of sp³-hybridized carbons (Fsp3) is 0. The van der Waals surface area contributed by atoms with Crippen molar-refractivity contribution >= 4 is 35.1 Å². The van der Waals surface area contributed by atoms with E-state index in [1.807, 2.05) is 6.07 Å². The molecule has 0 aromatic heterocycles. The summed E-state index contributed by atoms with van der Waals surface area (Å²) in [5.41, 5.74) is 1.36. The Kier molecular flexibility index (Phi) is 6.91. The Balaban J connectivity index is 0.000000220. The molecule has 0 amide bonds. The Labute approximate surface area is 130 Å². The summed E-state index contributed by atoms with van der Waals surface area (Å²) in [6.07, 6.45) is 2.74. The van der Waals surface area contributed by atoms with E-state index in [4.69, 9.17) is 16.9 Å². The summed E-state index contributed by atoms with van der Waals surface area (Å²) < 4.78 is 12.5. The number of hydrogen-bond donors (Lipinski definition) is 0. The predicted octanol–water partition coefficient (Wildman–Crippen LogP) is 3.97. The van der Waals surface area contributed by atoms with Crippen molar-refractivity contribution in [2.75, 3.05) is 0 Å². The maximum Gasteiger partial charge on any atom is 0.240 e. The van der Waals surface area contributed by atoms with Gasteiger partial charge in [-0.25, -0.2) is 14.0 Å². The second kappa shape index (κ2) is 8.96. The highest BCUT2D eigenvalue weighted by molar-refractivity contribution is 6.31. The van der Waals surface area contributed by atoms with E-state index in [2.05, 4.69) is 9.98 Å². The van der Waals surface area contributed by atoms with Crippen molar-refractivity contribution in [3.63, 3.8) is 0 Å². The van der Waals surface area contributed by atoms with Crippen LogP contribution in [0.5, 0.6) is 0 Å². The summed E-state index contributed by atoms with van der Waals surface area (Å²) in [7, 11) is 0. The van der Waals surface area contributed by atoms with Gasteiger partial charge in [0.2, 0.25) is 12.2 Å². The number of carbonyl (C=O) groups excluding carboxylic acids is 2. The maximum atomic E-state index is 12.5. The standard InChI is InChI=1S/C8H4N2O.C7H3ClFNO/c9-5-7-1-3-8(4-2-7)10-6-11;8-6-3-5(10-4-11)1-2-7(6)9/h1-4H;1-3H. The van der Waals surface area contributed by atoms with E-state index in [0.717, 1.165) is 6.07 Å². The van der Waals surface area contributed by atoms with Crippen LogP contribution in [0.2, 0.25) is 5.02 Å². The maximum absolute atomic E-state index is 12.5. The first-order valence-electron chi connectivity index (χ1n) is 5.71. The van der Waals surface area contributed by atoms with Crippen LogP contribution in [0.25, 0.3) is 0 Å². The summed E-state index contributed by atoms with van der Waals surface area (Å²) in [6.45, 7) is 0. The van der Waals surface area contributed by atoms with Gasteiger partial charge in [0.1, 0.15) is 5.82 Å². The lowest BCUT2D eigenvalue weighted by Crippen LogP contribution is -1.73. The predicted molar refractivity (Wildman–Crippen MR) is 78.1 cm³/mol. The van der Waals surface area contributed by atoms with Crippen LogP contribution in [0.3, 0.4) is 0 Å². The van der Waals surface area contributed by atoms with Gasteiger partial charge in [-0.2, -0.15) is 15.2 Å². The highest BCUT2D eigenvalue weighted by Gasteiger charge is 1.98. The van der Waals surface area contributed by atoms with E-state index >= 15 is 0 Å². The molecule has 0 spiro atoms.